The van der Waals surface area contributed by atoms with Gasteiger partial charge in [0.2, 0.25) is 0 Å². The first kappa shape index (κ1) is 8.92. The number of rotatable bonds is 4. The largest absolute Gasteiger partial charge is 0.302 e. The van der Waals surface area contributed by atoms with Gasteiger partial charge in [-0.15, -0.1) is 0 Å². The van der Waals surface area contributed by atoms with Gasteiger partial charge in [0.25, 0.3) is 0 Å². The maximum atomic E-state index is 5.01. The minimum atomic E-state index is 0.637. The molecule has 1 unspecified atom stereocenters. The maximum absolute atomic E-state index is 5.01. The molecule has 2 nitrogen and oxygen atoms in total. The van der Waals surface area contributed by atoms with Crippen LogP contribution in [0.3, 0.4) is 0 Å². The van der Waals surface area contributed by atoms with Crippen molar-refractivity contribution < 1.29 is 4.84 Å². The van der Waals surface area contributed by atoms with Crippen molar-refractivity contribution in [1.82, 2.24) is 5.48 Å². The van der Waals surface area contributed by atoms with Crippen LogP contribution in [-0.4, -0.2) is 13.7 Å². The van der Waals surface area contributed by atoms with Crippen molar-refractivity contribution in [2.24, 2.45) is 11.8 Å². The van der Waals surface area contributed by atoms with Crippen LogP contribution in [0.15, 0.2) is 0 Å². The molecule has 0 aromatic heterocycles. The van der Waals surface area contributed by atoms with Crippen LogP contribution < -0.4 is 5.48 Å². The summed E-state index contributed by atoms with van der Waals surface area (Å²) in [5.41, 5.74) is 2.65. The van der Waals surface area contributed by atoms with Crippen LogP contribution in [0.2, 0.25) is 0 Å². The van der Waals surface area contributed by atoms with E-state index < -0.39 is 0 Å². The lowest BCUT2D eigenvalue weighted by Crippen LogP contribution is -2.17. The first-order valence-electron chi connectivity index (χ1n) is 3.47. The van der Waals surface area contributed by atoms with Gasteiger partial charge in [-0.1, -0.05) is 20.8 Å². The van der Waals surface area contributed by atoms with Gasteiger partial charge in [-0.2, -0.15) is 0 Å². The number of hydrogen-bond donors (Lipinski definition) is 1. The van der Waals surface area contributed by atoms with Crippen LogP contribution in [0.5, 0.6) is 0 Å². The van der Waals surface area contributed by atoms with E-state index in [0.29, 0.717) is 11.8 Å². The molecule has 0 aliphatic heterocycles. The third kappa shape index (κ3) is 4.43. The highest BCUT2D eigenvalue weighted by Gasteiger charge is 2.05. The zero-order chi connectivity index (χ0) is 7.28. The Morgan fingerprint density at radius 1 is 1.33 bits per heavy atom. The summed E-state index contributed by atoms with van der Waals surface area (Å²) in [7, 11) is 1.78. The molecule has 0 aliphatic carbocycles. The molecule has 0 saturated heterocycles. The molecule has 0 radical (unpaired) electrons. The topological polar surface area (TPSA) is 21.3 Å². The van der Waals surface area contributed by atoms with Gasteiger partial charge < -0.3 is 4.84 Å². The van der Waals surface area contributed by atoms with E-state index in [1.807, 2.05) is 0 Å². The Kier molecular flexibility index (Phi) is 4.72. The first-order chi connectivity index (χ1) is 4.18. The van der Waals surface area contributed by atoms with Crippen molar-refractivity contribution >= 4 is 0 Å². The Morgan fingerprint density at radius 2 is 1.89 bits per heavy atom. The molecule has 0 saturated carbocycles. The normalized spacial score (nSPS) is 14.3. The molecule has 2 heteroatoms. The molecule has 1 N–H and O–H groups in total. The zero-order valence-electron chi connectivity index (χ0n) is 6.77. The molecule has 9 heavy (non-hydrogen) atoms. The van der Waals surface area contributed by atoms with E-state index in [-0.39, 0.29) is 0 Å². The highest BCUT2D eigenvalue weighted by molar-refractivity contribution is 4.53. The molecule has 0 heterocycles. The highest BCUT2D eigenvalue weighted by atomic mass is 16.6. The molecule has 0 aliphatic rings. The first-order valence-corrected chi connectivity index (χ1v) is 3.47. The van der Waals surface area contributed by atoms with Crippen LogP contribution in [0.4, 0.5) is 0 Å². The molecule has 0 spiro atoms. The summed E-state index contributed by atoms with van der Waals surface area (Å²) in [5, 5.41) is 0. The van der Waals surface area contributed by atoms with Gasteiger partial charge in [-0.3, -0.25) is 0 Å². The Balaban J connectivity index is 3.16. The molecular formula is C7H17NO. The molecule has 0 rings (SSSR count). The van der Waals surface area contributed by atoms with Crippen molar-refractivity contribution in [3.8, 4) is 0 Å². The second-order valence-corrected chi connectivity index (χ2v) is 2.74. The second-order valence-electron chi connectivity index (χ2n) is 2.74. The molecule has 0 fully saturated rings. The lowest BCUT2D eigenvalue weighted by Gasteiger charge is -2.13. The standard InChI is InChI=1S/C7H17NO/c1-6(2)7(3)5-9-8-4/h6-8H,5H2,1-4H3. The van der Waals surface area contributed by atoms with E-state index in [2.05, 4.69) is 26.3 Å². The summed E-state index contributed by atoms with van der Waals surface area (Å²) in [5.74, 6) is 1.34. The Labute approximate surface area is 57.5 Å². The molecule has 1 atom stereocenters. The quantitative estimate of drug-likeness (QED) is 0.583. The van der Waals surface area contributed by atoms with E-state index in [4.69, 9.17) is 4.84 Å². The molecule has 0 aromatic carbocycles. The predicted molar refractivity (Wildman–Crippen MR) is 39.0 cm³/mol. The highest BCUT2D eigenvalue weighted by Crippen LogP contribution is 2.08. The Hall–Kier alpha value is -0.0800. The fourth-order valence-corrected chi connectivity index (χ4v) is 0.407. The van der Waals surface area contributed by atoms with Gasteiger partial charge in [0.05, 0.1) is 6.61 Å². The summed E-state index contributed by atoms with van der Waals surface area (Å²) in [6.07, 6.45) is 0. The molecule has 56 valence electrons. The summed E-state index contributed by atoms with van der Waals surface area (Å²) < 4.78 is 0. The lowest BCUT2D eigenvalue weighted by molar-refractivity contribution is 0.0254. The van der Waals surface area contributed by atoms with Crippen molar-refractivity contribution in [3.63, 3.8) is 0 Å². The third-order valence-electron chi connectivity index (χ3n) is 1.63. The number of hydrogen-bond acceptors (Lipinski definition) is 2. The van der Waals surface area contributed by atoms with Crippen LogP contribution >= 0.6 is 0 Å². The molecule has 0 amide bonds. The van der Waals surface area contributed by atoms with Crippen LogP contribution in [0.25, 0.3) is 0 Å². The smallest absolute Gasteiger partial charge is 0.0710 e. The Bertz CT molecular complexity index is 63.9. The van der Waals surface area contributed by atoms with Crippen LogP contribution in [0.1, 0.15) is 20.8 Å². The predicted octanol–water partition coefficient (Wildman–Crippen LogP) is 1.43. The molecular weight excluding hydrogens is 114 g/mol. The Morgan fingerprint density at radius 3 is 2.22 bits per heavy atom. The monoisotopic (exact) mass is 131 g/mol. The van der Waals surface area contributed by atoms with Gasteiger partial charge in [0.15, 0.2) is 0 Å². The lowest BCUT2D eigenvalue weighted by atomic mass is 10.00. The SMILES string of the molecule is CNOCC(C)C(C)C. The summed E-state index contributed by atoms with van der Waals surface area (Å²) in [6.45, 7) is 7.38. The van der Waals surface area contributed by atoms with Gasteiger partial charge in [-0.25, -0.2) is 5.48 Å². The van der Waals surface area contributed by atoms with E-state index in [1.165, 1.54) is 0 Å². The third-order valence-corrected chi connectivity index (χ3v) is 1.63. The minimum absolute atomic E-state index is 0.637. The fourth-order valence-electron chi connectivity index (χ4n) is 0.407. The van der Waals surface area contributed by atoms with Crippen LogP contribution in [-0.2, 0) is 4.84 Å². The maximum Gasteiger partial charge on any atom is 0.0710 e. The van der Waals surface area contributed by atoms with Crippen molar-refractivity contribution in [1.29, 1.82) is 0 Å². The van der Waals surface area contributed by atoms with Crippen molar-refractivity contribution in [3.05, 3.63) is 0 Å². The van der Waals surface area contributed by atoms with Crippen LogP contribution in [0, 0.1) is 11.8 Å². The van der Waals surface area contributed by atoms with Gasteiger partial charge in [-0.05, 0) is 11.8 Å². The second kappa shape index (κ2) is 4.77. The molecule has 0 bridgehead atoms. The summed E-state index contributed by atoms with van der Waals surface area (Å²) in [4.78, 5) is 5.01. The summed E-state index contributed by atoms with van der Waals surface area (Å²) >= 11 is 0. The number of nitrogens with one attached hydrogen (secondary N) is 1. The van der Waals surface area contributed by atoms with E-state index in [0.717, 1.165) is 6.61 Å². The van der Waals surface area contributed by atoms with E-state index >= 15 is 0 Å². The van der Waals surface area contributed by atoms with Gasteiger partial charge >= 0.3 is 0 Å². The van der Waals surface area contributed by atoms with Gasteiger partial charge in [0.1, 0.15) is 0 Å². The van der Waals surface area contributed by atoms with Gasteiger partial charge in [0, 0.05) is 7.05 Å². The zero-order valence-corrected chi connectivity index (χ0v) is 6.77. The average molecular weight is 131 g/mol. The van der Waals surface area contributed by atoms with E-state index in [1.54, 1.807) is 7.05 Å². The molecule has 0 aromatic rings. The fraction of sp³-hybridized carbons (Fsp3) is 1.00. The van der Waals surface area contributed by atoms with Crippen molar-refractivity contribution in [2.75, 3.05) is 13.7 Å². The average Bonchev–Trinajstić information content (AvgIpc) is 1.82. The number of hydroxylamine groups is 1. The summed E-state index contributed by atoms with van der Waals surface area (Å²) in [6, 6.07) is 0. The van der Waals surface area contributed by atoms with E-state index in [9.17, 15) is 0 Å². The van der Waals surface area contributed by atoms with Crippen molar-refractivity contribution in [2.45, 2.75) is 20.8 Å². The minimum Gasteiger partial charge on any atom is -0.302 e.